The highest BCUT2D eigenvalue weighted by Gasteiger charge is 2.16. The third-order valence-electron chi connectivity index (χ3n) is 3.50. The van der Waals surface area contributed by atoms with Crippen molar-refractivity contribution in [1.29, 1.82) is 0 Å². The van der Waals surface area contributed by atoms with Gasteiger partial charge in [0, 0.05) is 13.2 Å². The van der Waals surface area contributed by atoms with Crippen molar-refractivity contribution in [3.63, 3.8) is 0 Å². The molecule has 0 spiro atoms. The second-order valence-corrected chi connectivity index (χ2v) is 5.07. The summed E-state index contributed by atoms with van der Waals surface area (Å²) in [6.45, 7) is 2.22. The first-order valence-corrected chi connectivity index (χ1v) is 6.84. The number of nitrogens with zero attached hydrogens (tertiary/aromatic N) is 2. The zero-order valence-electron chi connectivity index (χ0n) is 11.4. The first-order chi connectivity index (χ1) is 9.16. The minimum Gasteiger partial charge on any atom is -0.347 e. The molecule has 1 aliphatic heterocycles. The van der Waals surface area contributed by atoms with E-state index in [-0.39, 0.29) is 11.8 Å². The lowest BCUT2D eigenvalue weighted by molar-refractivity contribution is -0.121. The summed E-state index contributed by atoms with van der Waals surface area (Å²) in [7, 11) is 1.79. The summed E-state index contributed by atoms with van der Waals surface area (Å²) in [4.78, 5) is 25.9. The Labute approximate surface area is 113 Å². The summed E-state index contributed by atoms with van der Waals surface area (Å²) in [5.74, 6) is -0.541. The lowest BCUT2D eigenvalue weighted by Gasteiger charge is -2.18. The van der Waals surface area contributed by atoms with Crippen LogP contribution < -0.4 is 5.32 Å². The number of aromatic nitrogens is 1. The summed E-state index contributed by atoms with van der Waals surface area (Å²) in [5, 5.41) is 2.45. The van der Waals surface area contributed by atoms with E-state index in [1.54, 1.807) is 29.9 Å². The van der Waals surface area contributed by atoms with Crippen molar-refractivity contribution in [2.75, 3.05) is 19.6 Å². The normalized spacial score (nSPS) is 16.9. The van der Waals surface area contributed by atoms with E-state index in [1.807, 2.05) is 0 Å². The minimum absolute atomic E-state index is 0.215. The van der Waals surface area contributed by atoms with Crippen molar-refractivity contribution >= 4 is 11.8 Å². The molecule has 0 bridgehead atoms. The van der Waals surface area contributed by atoms with Gasteiger partial charge in [0.05, 0.1) is 6.54 Å². The molecule has 0 unspecified atom stereocenters. The first kappa shape index (κ1) is 13.8. The Morgan fingerprint density at radius 2 is 1.89 bits per heavy atom. The number of amides is 2. The average molecular weight is 263 g/mol. The van der Waals surface area contributed by atoms with Gasteiger partial charge < -0.3 is 4.57 Å². The number of carbonyl (C=O) groups is 2. The van der Waals surface area contributed by atoms with Crippen LogP contribution in [0.5, 0.6) is 0 Å². The third kappa shape index (κ3) is 3.92. The topological polar surface area (TPSA) is 54.3 Å². The molecule has 1 saturated heterocycles. The summed E-state index contributed by atoms with van der Waals surface area (Å²) in [5.41, 5.74) is 0.504. The highest BCUT2D eigenvalue weighted by atomic mass is 16.2. The maximum atomic E-state index is 11.9. The largest absolute Gasteiger partial charge is 0.347 e. The number of imide groups is 1. The van der Waals surface area contributed by atoms with Crippen molar-refractivity contribution in [3.05, 3.63) is 24.0 Å². The average Bonchev–Trinajstić information content (AvgIpc) is 2.63. The number of rotatable bonds is 3. The van der Waals surface area contributed by atoms with Gasteiger partial charge in [0.2, 0.25) is 5.91 Å². The molecule has 0 aliphatic carbocycles. The Kier molecular flexibility index (Phi) is 4.74. The van der Waals surface area contributed by atoms with Crippen molar-refractivity contribution in [2.24, 2.45) is 7.05 Å². The van der Waals surface area contributed by atoms with E-state index in [0.717, 1.165) is 25.9 Å². The maximum absolute atomic E-state index is 11.9. The van der Waals surface area contributed by atoms with Crippen molar-refractivity contribution < 1.29 is 9.59 Å². The van der Waals surface area contributed by atoms with Crippen molar-refractivity contribution in [3.8, 4) is 0 Å². The third-order valence-corrected chi connectivity index (χ3v) is 3.50. The molecule has 5 heteroatoms. The van der Waals surface area contributed by atoms with Crippen LogP contribution in [0.3, 0.4) is 0 Å². The number of carbonyl (C=O) groups excluding carboxylic acids is 2. The van der Waals surface area contributed by atoms with Crippen LogP contribution in [0.25, 0.3) is 0 Å². The van der Waals surface area contributed by atoms with Crippen molar-refractivity contribution in [1.82, 2.24) is 14.8 Å². The predicted octanol–water partition coefficient (Wildman–Crippen LogP) is 1.16. The van der Waals surface area contributed by atoms with Gasteiger partial charge in [-0.2, -0.15) is 0 Å². The SMILES string of the molecule is Cn1cccc1C(=O)NC(=O)CN1CCCCCC1. The second kappa shape index (κ2) is 6.52. The van der Waals surface area contributed by atoms with Gasteiger partial charge in [-0.1, -0.05) is 12.8 Å². The van der Waals surface area contributed by atoms with Crippen molar-refractivity contribution in [2.45, 2.75) is 25.7 Å². The molecule has 1 fully saturated rings. The van der Waals surface area contributed by atoms with E-state index in [1.165, 1.54) is 12.8 Å². The van der Waals surface area contributed by atoms with E-state index < -0.39 is 0 Å². The van der Waals surface area contributed by atoms with Crippen LogP contribution in [-0.2, 0) is 11.8 Å². The smallest absolute Gasteiger partial charge is 0.274 e. The number of hydrogen-bond donors (Lipinski definition) is 1. The maximum Gasteiger partial charge on any atom is 0.274 e. The Bertz CT molecular complexity index is 445. The molecule has 2 amide bonds. The Hall–Kier alpha value is -1.62. The number of aryl methyl sites for hydroxylation is 1. The van der Waals surface area contributed by atoms with Gasteiger partial charge in [0.15, 0.2) is 0 Å². The van der Waals surface area contributed by atoms with Crippen LogP contribution in [0.15, 0.2) is 18.3 Å². The van der Waals surface area contributed by atoms with Gasteiger partial charge in [-0.25, -0.2) is 0 Å². The van der Waals surface area contributed by atoms with Crippen LogP contribution in [-0.4, -0.2) is 40.9 Å². The fourth-order valence-corrected chi connectivity index (χ4v) is 2.42. The molecule has 1 aromatic heterocycles. The highest BCUT2D eigenvalue weighted by molar-refractivity contribution is 6.04. The van der Waals surface area contributed by atoms with E-state index in [2.05, 4.69) is 10.2 Å². The molecular weight excluding hydrogens is 242 g/mol. The second-order valence-electron chi connectivity index (χ2n) is 5.07. The molecule has 19 heavy (non-hydrogen) atoms. The number of hydrogen-bond acceptors (Lipinski definition) is 3. The Balaban J connectivity index is 1.83. The lowest BCUT2D eigenvalue weighted by atomic mass is 10.2. The fraction of sp³-hybridized carbons (Fsp3) is 0.571. The molecule has 2 rings (SSSR count). The van der Waals surface area contributed by atoms with Crippen LogP contribution >= 0.6 is 0 Å². The fourth-order valence-electron chi connectivity index (χ4n) is 2.42. The zero-order valence-corrected chi connectivity index (χ0v) is 11.4. The standard InChI is InChI=1S/C14H21N3O2/c1-16-8-6-7-12(16)14(19)15-13(18)11-17-9-4-2-3-5-10-17/h6-8H,2-5,9-11H2,1H3,(H,15,18,19). The first-order valence-electron chi connectivity index (χ1n) is 6.84. The van der Waals surface area contributed by atoms with Gasteiger partial charge in [-0.15, -0.1) is 0 Å². The zero-order chi connectivity index (χ0) is 13.7. The molecule has 0 aromatic carbocycles. The summed E-state index contributed by atoms with van der Waals surface area (Å²) in [6, 6.07) is 3.49. The summed E-state index contributed by atoms with van der Waals surface area (Å²) in [6.07, 6.45) is 6.53. The molecule has 1 N–H and O–H groups in total. The molecule has 0 radical (unpaired) electrons. The quantitative estimate of drug-likeness (QED) is 0.890. The van der Waals surface area contributed by atoms with Crippen LogP contribution in [0.1, 0.15) is 36.2 Å². The highest BCUT2D eigenvalue weighted by Crippen LogP contribution is 2.09. The lowest BCUT2D eigenvalue weighted by Crippen LogP contribution is -2.40. The Morgan fingerprint density at radius 1 is 1.21 bits per heavy atom. The van der Waals surface area contributed by atoms with Gasteiger partial charge in [0.25, 0.3) is 5.91 Å². The number of nitrogens with one attached hydrogen (secondary N) is 1. The predicted molar refractivity (Wildman–Crippen MR) is 72.8 cm³/mol. The molecule has 5 nitrogen and oxygen atoms in total. The Morgan fingerprint density at radius 3 is 2.47 bits per heavy atom. The molecular formula is C14H21N3O2. The molecule has 1 aliphatic rings. The molecule has 0 saturated carbocycles. The van der Waals surface area contributed by atoms with Crippen LogP contribution in [0.4, 0.5) is 0 Å². The summed E-state index contributed by atoms with van der Waals surface area (Å²) >= 11 is 0. The minimum atomic E-state index is -0.327. The van der Waals surface area contributed by atoms with Gasteiger partial charge in [-0.05, 0) is 38.1 Å². The van der Waals surface area contributed by atoms with Gasteiger partial charge in [0.1, 0.15) is 5.69 Å². The van der Waals surface area contributed by atoms with Gasteiger partial charge in [-0.3, -0.25) is 19.8 Å². The van der Waals surface area contributed by atoms with Crippen LogP contribution in [0, 0.1) is 0 Å². The van der Waals surface area contributed by atoms with E-state index >= 15 is 0 Å². The van der Waals surface area contributed by atoms with E-state index in [0.29, 0.717) is 12.2 Å². The van der Waals surface area contributed by atoms with Crippen LogP contribution in [0.2, 0.25) is 0 Å². The monoisotopic (exact) mass is 263 g/mol. The molecule has 0 atom stereocenters. The number of likely N-dealkylation sites (tertiary alicyclic amines) is 1. The molecule has 104 valence electrons. The van der Waals surface area contributed by atoms with E-state index in [9.17, 15) is 9.59 Å². The molecule has 2 heterocycles. The molecule has 1 aromatic rings. The van der Waals surface area contributed by atoms with E-state index in [4.69, 9.17) is 0 Å². The van der Waals surface area contributed by atoms with Gasteiger partial charge >= 0.3 is 0 Å². The summed E-state index contributed by atoms with van der Waals surface area (Å²) < 4.78 is 1.70.